The standard InChI is InChI=1S/C22H32N2O6/c1-21(2,3)29-19(27)15(23-20(28)30-22(4,5)6)10-11-18(26)24-13-12-14-16(24)8-7-9-17(14)25/h7-9,15,25H,10-13H2,1-6H3,(H,23,28)/t15-/m0/s1. The number of fused-ring (bicyclic) bond motifs is 1. The second kappa shape index (κ2) is 8.93. The summed E-state index contributed by atoms with van der Waals surface area (Å²) in [6.07, 6.45) is -0.0893. The van der Waals surface area contributed by atoms with Crippen molar-refractivity contribution in [2.75, 3.05) is 11.4 Å². The van der Waals surface area contributed by atoms with Crippen molar-refractivity contribution in [3.63, 3.8) is 0 Å². The van der Waals surface area contributed by atoms with Crippen LogP contribution in [0, 0.1) is 0 Å². The molecular weight excluding hydrogens is 388 g/mol. The minimum Gasteiger partial charge on any atom is -0.508 e. The Bertz CT molecular complexity index is 807. The SMILES string of the molecule is CC(C)(C)OC(=O)N[C@@H](CCC(=O)N1CCc2c(O)cccc21)C(=O)OC(C)(C)C. The van der Waals surface area contributed by atoms with Crippen LogP contribution in [-0.4, -0.2) is 46.9 Å². The molecule has 0 saturated carbocycles. The highest BCUT2D eigenvalue weighted by Crippen LogP contribution is 2.34. The van der Waals surface area contributed by atoms with Crippen LogP contribution >= 0.6 is 0 Å². The van der Waals surface area contributed by atoms with Gasteiger partial charge in [-0.25, -0.2) is 9.59 Å². The highest BCUT2D eigenvalue weighted by Gasteiger charge is 2.31. The lowest BCUT2D eigenvalue weighted by molar-refractivity contribution is -0.157. The van der Waals surface area contributed by atoms with Crippen LogP contribution in [0.25, 0.3) is 0 Å². The first-order chi connectivity index (χ1) is 13.8. The van der Waals surface area contributed by atoms with E-state index in [1.54, 1.807) is 64.6 Å². The molecule has 0 saturated heterocycles. The van der Waals surface area contributed by atoms with Crippen molar-refractivity contribution < 1.29 is 29.0 Å². The molecule has 0 fully saturated rings. The Kier molecular flexibility index (Phi) is 7.00. The highest BCUT2D eigenvalue weighted by atomic mass is 16.6. The van der Waals surface area contributed by atoms with Crippen LogP contribution in [-0.2, 0) is 25.5 Å². The van der Waals surface area contributed by atoms with Gasteiger partial charge in [-0.3, -0.25) is 4.79 Å². The summed E-state index contributed by atoms with van der Waals surface area (Å²) in [5.74, 6) is -0.652. The quantitative estimate of drug-likeness (QED) is 0.708. The summed E-state index contributed by atoms with van der Waals surface area (Å²) in [5, 5.41) is 12.5. The first kappa shape index (κ1) is 23.5. The number of nitrogens with zero attached hydrogens (tertiary/aromatic N) is 1. The monoisotopic (exact) mass is 420 g/mol. The second-order valence-corrected chi connectivity index (χ2v) is 9.34. The highest BCUT2D eigenvalue weighted by molar-refractivity contribution is 5.96. The molecule has 1 aromatic carbocycles. The molecule has 0 aromatic heterocycles. The van der Waals surface area contributed by atoms with E-state index in [9.17, 15) is 19.5 Å². The van der Waals surface area contributed by atoms with E-state index in [0.29, 0.717) is 18.7 Å². The molecule has 1 heterocycles. The molecule has 30 heavy (non-hydrogen) atoms. The summed E-state index contributed by atoms with van der Waals surface area (Å²) in [7, 11) is 0. The van der Waals surface area contributed by atoms with Crippen LogP contribution in [0.15, 0.2) is 18.2 Å². The number of amides is 2. The number of hydrogen-bond acceptors (Lipinski definition) is 6. The van der Waals surface area contributed by atoms with Crippen LogP contribution < -0.4 is 10.2 Å². The second-order valence-electron chi connectivity index (χ2n) is 9.34. The number of anilines is 1. The summed E-state index contributed by atoms with van der Waals surface area (Å²) in [6, 6.07) is 4.04. The van der Waals surface area contributed by atoms with E-state index < -0.39 is 29.3 Å². The van der Waals surface area contributed by atoms with Crippen LogP contribution in [0.3, 0.4) is 0 Å². The van der Waals surface area contributed by atoms with Gasteiger partial charge in [0, 0.05) is 18.5 Å². The number of benzene rings is 1. The smallest absolute Gasteiger partial charge is 0.408 e. The Labute approximate surface area is 177 Å². The van der Waals surface area contributed by atoms with Gasteiger partial charge in [-0.1, -0.05) is 6.07 Å². The molecule has 2 N–H and O–H groups in total. The number of hydrogen-bond donors (Lipinski definition) is 2. The number of esters is 1. The number of rotatable bonds is 5. The first-order valence-corrected chi connectivity index (χ1v) is 10.1. The van der Waals surface area contributed by atoms with Gasteiger partial charge in [0.05, 0.1) is 5.69 Å². The number of alkyl carbamates (subject to hydrolysis) is 1. The average Bonchev–Trinajstić information content (AvgIpc) is 3.00. The molecule has 8 nitrogen and oxygen atoms in total. The van der Waals surface area contributed by atoms with E-state index in [0.717, 1.165) is 5.56 Å². The van der Waals surface area contributed by atoms with E-state index >= 15 is 0 Å². The third kappa shape index (κ3) is 6.64. The van der Waals surface area contributed by atoms with Crippen LogP contribution in [0.4, 0.5) is 10.5 Å². The van der Waals surface area contributed by atoms with E-state index in [2.05, 4.69) is 5.32 Å². The van der Waals surface area contributed by atoms with Crippen LogP contribution in [0.2, 0.25) is 0 Å². The van der Waals surface area contributed by atoms with Crippen molar-refractivity contribution >= 4 is 23.7 Å². The van der Waals surface area contributed by atoms with Gasteiger partial charge in [0.1, 0.15) is 23.0 Å². The largest absolute Gasteiger partial charge is 0.508 e. The first-order valence-electron chi connectivity index (χ1n) is 10.1. The van der Waals surface area contributed by atoms with Gasteiger partial charge < -0.3 is 24.8 Å². The van der Waals surface area contributed by atoms with Crippen molar-refractivity contribution in [3.8, 4) is 5.75 Å². The van der Waals surface area contributed by atoms with Gasteiger partial charge in [0.15, 0.2) is 0 Å². The van der Waals surface area contributed by atoms with Crippen molar-refractivity contribution in [3.05, 3.63) is 23.8 Å². The molecule has 0 spiro atoms. The van der Waals surface area contributed by atoms with Gasteiger partial charge in [0.2, 0.25) is 5.91 Å². The van der Waals surface area contributed by atoms with E-state index in [-0.39, 0.29) is 24.5 Å². The Morgan fingerprint density at radius 1 is 1.10 bits per heavy atom. The minimum absolute atomic E-state index is 0.0226. The normalized spacial score (nSPS) is 14.7. The van der Waals surface area contributed by atoms with E-state index in [1.165, 1.54) is 0 Å². The average molecular weight is 421 g/mol. The van der Waals surface area contributed by atoms with Gasteiger partial charge in [-0.2, -0.15) is 0 Å². The Morgan fingerprint density at radius 3 is 2.33 bits per heavy atom. The fourth-order valence-electron chi connectivity index (χ4n) is 3.15. The van der Waals surface area contributed by atoms with Crippen molar-refractivity contribution in [2.24, 2.45) is 0 Å². The van der Waals surface area contributed by atoms with E-state index in [1.807, 2.05) is 0 Å². The Morgan fingerprint density at radius 2 is 1.73 bits per heavy atom. The number of carbonyl (C=O) groups excluding carboxylic acids is 3. The third-order valence-corrected chi connectivity index (χ3v) is 4.33. The summed E-state index contributed by atoms with van der Waals surface area (Å²) in [5.41, 5.74) is -0.0460. The third-order valence-electron chi connectivity index (χ3n) is 4.33. The lowest BCUT2D eigenvalue weighted by Gasteiger charge is -2.26. The predicted octanol–water partition coefficient (Wildman–Crippen LogP) is 3.30. The molecule has 1 atom stereocenters. The summed E-state index contributed by atoms with van der Waals surface area (Å²) < 4.78 is 10.6. The maximum absolute atomic E-state index is 12.8. The Balaban J connectivity index is 2.07. The fraction of sp³-hybridized carbons (Fsp3) is 0.591. The molecule has 2 amide bonds. The molecule has 166 valence electrons. The number of nitrogens with one attached hydrogen (secondary N) is 1. The predicted molar refractivity (Wildman–Crippen MR) is 112 cm³/mol. The van der Waals surface area contributed by atoms with Crippen molar-refractivity contribution in [1.82, 2.24) is 5.32 Å². The zero-order chi connectivity index (χ0) is 22.7. The van der Waals surface area contributed by atoms with Gasteiger partial charge in [-0.15, -0.1) is 0 Å². The summed E-state index contributed by atoms with van der Waals surface area (Å²) >= 11 is 0. The molecule has 1 aliphatic heterocycles. The maximum atomic E-state index is 12.8. The number of phenols is 1. The number of carbonyl (C=O) groups is 3. The molecule has 0 unspecified atom stereocenters. The molecule has 2 rings (SSSR count). The fourth-order valence-corrected chi connectivity index (χ4v) is 3.15. The molecule has 1 aliphatic rings. The van der Waals surface area contributed by atoms with Gasteiger partial charge in [0.25, 0.3) is 0 Å². The molecule has 0 radical (unpaired) electrons. The molecular formula is C22H32N2O6. The molecule has 0 bridgehead atoms. The number of aromatic hydroxyl groups is 1. The topological polar surface area (TPSA) is 105 Å². The lowest BCUT2D eigenvalue weighted by atomic mass is 10.1. The Hall–Kier alpha value is -2.77. The van der Waals surface area contributed by atoms with E-state index in [4.69, 9.17) is 9.47 Å². The summed E-state index contributed by atoms with van der Waals surface area (Å²) in [4.78, 5) is 39.1. The minimum atomic E-state index is -1.02. The summed E-state index contributed by atoms with van der Waals surface area (Å²) in [6.45, 7) is 10.8. The zero-order valence-electron chi connectivity index (χ0n) is 18.6. The number of phenolic OH excluding ortho intramolecular Hbond substituents is 1. The molecule has 8 heteroatoms. The lowest BCUT2D eigenvalue weighted by Crippen LogP contribution is -2.46. The number of ether oxygens (including phenoxy) is 2. The van der Waals surface area contributed by atoms with Crippen molar-refractivity contribution in [2.45, 2.75) is 78.0 Å². The van der Waals surface area contributed by atoms with Crippen LogP contribution in [0.1, 0.15) is 59.9 Å². The molecule has 1 aromatic rings. The van der Waals surface area contributed by atoms with Gasteiger partial charge in [-0.05, 0) is 66.5 Å². The molecule has 0 aliphatic carbocycles. The maximum Gasteiger partial charge on any atom is 0.408 e. The van der Waals surface area contributed by atoms with Crippen molar-refractivity contribution in [1.29, 1.82) is 0 Å². The zero-order valence-corrected chi connectivity index (χ0v) is 18.6. The van der Waals surface area contributed by atoms with Gasteiger partial charge >= 0.3 is 12.1 Å². The van der Waals surface area contributed by atoms with Crippen LogP contribution in [0.5, 0.6) is 5.75 Å².